The highest BCUT2D eigenvalue weighted by atomic mass is 16.2. The summed E-state index contributed by atoms with van der Waals surface area (Å²) in [5.41, 5.74) is 4.11. The van der Waals surface area contributed by atoms with Crippen LogP contribution in [-0.4, -0.2) is 36.1 Å². The molecule has 128 valence electrons. The van der Waals surface area contributed by atoms with Crippen molar-refractivity contribution in [3.63, 3.8) is 0 Å². The Morgan fingerprint density at radius 1 is 1.40 bits per heavy atom. The van der Waals surface area contributed by atoms with Crippen LogP contribution in [0, 0.1) is 11.3 Å². The van der Waals surface area contributed by atoms with Gasteiger partial charge in [0.1, 0.15) is 0 Å². The highest BCUT2D eigenvalue weighted by Crippen LogP contribution is 2.32. The van der Waals surface area contributed by atoms with Gasteiger partial charge in [-0.2, -0.15) is 5.26 Å². The summed E-state index contributed by atoms with van der Waals surface area (Å²) in [6, 6.07) is 11.6. The van der Waals surface area contributed by atoms with Crippen molar-refractivity contribution in [2.45, 2.75) is 19.4 Å². The number of likely N-dealkylation sites (N-methyl/N-ethyl adjacent to an activating group) is 1. The number of nitrogens with one attached hydrogen (secondary N) is 1. The molecule has 1 N–H and O–H groups in total. The monoisotopic (exact) mass is 335 g/mol. The van der Waals surface area contributed by atoms with Gasteiger partial charge < -0.3 is 15.1 Å². The van der Waals surface area contributed by atoms with Gasteiger partial charge in [-0.25, -0.2) is 4.79 Å². The van der Waals surface area contributed by atoms with Gasteiger partial charge in [0.15, 0.2) is 0 Å². The number of pyridine rings is 1. The summed E-state index contributed by atoms with van der Waals surface area (Å²) in [5.74, 6) is 0. The molecule has 1 aromatic heterocycles. The first-order valence-electron chi connectivity index (χ1n) is 8.34. The van der Waals surface area contributed by atoms with Crippen molar-refractivity contribution < 1.29 is 4.79 Å². The maximum absolute atomic E-state index is 12.8. The number of hydrogen-bond acceptors (Lipinski definition) is 4. The van der Waals surface area contributed by atoms with Crippen LogP contribution in [0.15, 0.2) is 42.7 Å². The summed E-state index contributed by atoms with van der Waals surface area (Å²) in [6.45, 7) is 1.76. The molecule has 0 unspecified atom stereocenters. The number of carbonyl (C=O) groups is 1. The van der Waals surface area contributed by atoms with E-state index in [4.69, 9.17) is 5.26 Å². The first kappa shape index (κ1) is 16.8. The molecule has 0 saturated carbocycles. The van der Waals surface area contributed by atoms with E-state index in [1.165, 1.54) is 5.56 Å². The normalized spacial score (nSPS) is 12.4. The van der Waals surface area contributed by atoms with Gasteiger partial charge in [-0.05, 0) is 30.2 Å². The van der Waals surface area contributed by atoms with Gasteiger partial charge in [-0.1, -0.05) is 12.1 Å². The molecule has 1 aliphatic rings. The SMILES string of the molecule is CN1CCc2c(NC(=O)N(CCC#N)Cc3cccnc3)cccc21. The lowest BCUT2D eigenvalue weighted by Crippen LogP contribution is -2.35. The van der Waals surface area contributed by atoms with Crippen molar-refractivity contribution in [2.24, 2.45) is 0 Å². The number of nitriles is 1. The second kappa shape index (κ2) is 7.67. The fourth-order valence-electron chi connectivity index (χ4n) is 3.06. The molecule has 1 aliphatic heterocycles. The molecule has 0 atom stereocenters. The zero-order valence-corrected chi connectivity index (χ0v) is 14.3. The molecule has 2 heterocycles. The van der Waals surface area contributed by atoms with E-state index in [2.05, 4.69) is 34.4 Å². The highest BCUT2D eigenvalue weighted by molar-refractivity contribution is 5.91. The number of benzene rings is 1. The minimum Gasteiger partial charge on any atom is -0.374 e. The van der Waals surface area contributed by atoms with Crippen LogP contribution in [-0.2, 0) is 13.0 Å². The quantitative estimate of drug-likeness (QED) is 0.911. The van der Waals surface area contributed by atoms with Gasteiger partial charge in [0.25, 0.3) is 0 Å². The van der Waals surface area contributed by atoms with Crippen molar-refractivity contribution in [3.8, 4) is 6.07 Å². The Labute approximate surface area is 147 Å². The molecule has 2 aromatic rings. The topological polar surface area (TPSA) is 72.3 Å². The lowest BCUT2D eigenvalue weighted by molar-refractivity contribution is 0.210. The van der Waals surface area contributed by atoms with Crippen molar-refractivity contribution >= 4 is 17.4 Å². The van der Waals surface area contributed by atoms with E-state index in [9.17, 15) is 4.79 Å². The van der Waals surface area contributed by atoms with Crippen molar-refractivity contribution in [1.29, 1.82) is 5.26 Å². The average molecular weight is 335 g/mol. The highest BCUT2D eigenvalue weighted by Gasteiger charge is 2.21. The molecule has 0 fully saturated rings. The molecule has 25 heavy (non-hydrogen) atoms. The molecule has 6 heteroatoms. The summed E-state index contributed by atoms with van der Waals surface area (Å²) in [6.07, 6.45) is 4.65. The van der Waals surface area contributed by atoms with E-state index in [0.717, 1.165) is 29.9 Å². The van der Waals surface area contributed by atoms with Gasteiger partial charge in [0.05, 0.1) is 12.5 Å². The lowest BCUT2D eigenvalue weighted by atomic mass is 10.1. The van der Waals surface area contributed by atoms with E-state index in [1.54, 1.807) is 17.3 Å². The number of anilines is 2. The second-order valence-electron chi connectivity index (χ2n) is 6.10. The maximum atomic E-state index is 12.8. The number of urea groups is 1. The molecular formula is C19H21N5O. The molecule has 0 bridgehead atoms. The molecule has 1 aromatic carbocycles. The summed E-state index contributed by atoms with van der Waals surface area (Å²) in [5, 5.41) is 11.9. The minimum atomic E-state index is -0.193. The summed E-state index contributed by atoms with van der Waals surface area (Å²) >= 11 is 0. The van der Waals surface area contributed by atoms with Gasteiger partial charge in [0.2, 0.25) is 0 Å². The molecule has 6 nitrogen and oxygen atoms in total. The van der Waals surface area contributed by atoms with E-state index in [1.807, 2.05) is 24.3 Å². The third-order valence-electron chi connectivity index (χ3n) is 4.38. The molecule has 2 amide bonds. The van der Waals surface area contributed by atoms with E-state index >= 15 is 0 Å². The van der Waals surface area contributed by atoms with Gasteiger partial charge >= 0.3 is 6.03 Å². The van der Waals surface area contributed by atoms with Crippen molar-refractivity contribution in [2.75, 3.05) is 30.4 Å². The Bertz CT molecular complexity index is 784. The number of carbonyl (C=O) groups excluding carboxylic acids is 1. The molecule has 0 spiro atoms. The Morgan fingerprint density at radius 2 is 2.28 bits per heavy atom. The zero-order valence-electron chi connectivity index (χ0n) is 14.3. The molecule has 0 radical (unpaired) electrons. The summed E-state index contributed by atoms with van der Waals surface area (Å²) < 4.78 is 0. The number of fused-ring (bicyclic) bond motifs is 1. The number of amides is 2. The van der Waals surface area contributed by atoms with E-state index in [0.29, 0.717) is 19.5 Å². The molecule has 3 rings (SSSR count). The standard InChI is InChI=1S/C19H21N5O/c1-23-12-8-16-17(6-2-7-18(16)23)22-19(25)24(11-4-9-20)14-15-5-3-10-21-13-15/h2-3,5-7,10,13H,4,8,11-12,14H2,1H3,(H,22,25). The van der Waals surface area contributed by atoms with Gasteiger partial charge in [-0.3, -0.25) is 4.98 Å². The van der Waals surface area contributed by atoms with Gasteiger partial charge in [-0.15, -0.1) is 0 Å². The maximum Gasteiger partial charge on any atom is 0.322 e. The minimum absolute atomic E-state index is 0.193. The first-order valence-corrected chi connectivity index (χ1v) is 8.34. The largest absolute Gasteiger partial charge is 0.374 e. The fraction of sp³-hybridized carbons (Fsp3) is 0.316. The van der Waals surface area contributed by atoms with Crippen LogP contribution in [0.25, 0.3) is 0 Å². The Morgan fingerprint density at radius 3 is 3.04 bits per heavy atom. The summed E-state index contributed by atoms with van der Waals surface area (Å²) in [7, 11) is 2.05. The Hall–Kier alpha value is -3.07. The van der Waals surface area contributed by atoms with Crippen LogP contribution in [0.2, 0.25) is 0 Å². The van der Waals surface area contributed by atoms with Crippen LogP contribution in [0.5, 0.6) is 0 Å². The zero-order chi connectivity index (χ0) is 17.6. The van der Waals surface area contributed by atoms with Crippen LogP contribution in [0.1, 0.15) is 17.5 Å². The molecule has 0 aliphatic carbocycles. The van der Waals surface area contributed by atoms with E-state index < -0.39 is 0 Å². The third kappa shape index (κ3) is 3.89. The molecule has 0 saturated heterocycles. The van der Waals surface area contributed by atoms with E-state index in [-0.39, 0.29) is 6.03 Å². The van der Waals surface area contributed by atoms with Gasteiger partial charge in [0, 0.05) is 56.0 Å². The molecular weight excluding hydrogens is 314 g/mol. The fourth-order valence-corrected chi connectivity index (χ4v) is 3.06. The van der Waals surface area contributed by atoms with Crippen molar-refractivity contribution in [1.82, 2.24) is 9.88 Å². The lowest BCUT2D eigenvalue weighted by Gasteiger charge is -2.23. The van der Waals surface area contributed by atoms with Crippen LogP contribution < -0.4 is 10.2 Å². The van der Waals surface area contributed by atoms with Crippen LogP contribution in [0.4, 0.5) is 16.2 Å². The smallest absolute Gasteiger partial charge is 0.322 e. The predicted octanol–water partition coefficient (Wildman–Crippen LogP) is 3.02. The first-order chi connectivity index (χ1) is 12.2. The Kier molecular flexibility index (Phi) is 5.14. The van der Waals surface area contributed by atoms with Crippen molar-refractivity contribution in [3.05, 3.63) is 53.9 Å². The third-order valence-corrected chi connectivity index (χ3v) is 4.38. The average Bonchev–Trinajstić information content (AvgIpc) is 3.02. The number of aromatic nitrogens is 1. The number of nitrogens with zero attached hydrogens (tertiary/aromatic N) is 4. The number of hydrogen-bond donors (Lipinski definition) is 1. The van der Waals surface area contributed by atoms with Crippen LogP contribution in [0.3, 0.4) is 0 Å². The van der Waals surface area contributed by atoms with Crippen LogP contribution >= 0.6 is 0 Å². The second-order valence-corrected chi connectivity index (χ2v) is 6.10. The number of rotatable bonds is 5. The summed E-state index contributed by atoms with van der Waals surface area (Å²) in [4.78, 5) is 20.7. The Balaban J connectivity index is 1.76. The predicted molar refractivity (Wildman–Crippen MR) is 97.3 cm³/mol.